The van der Waals surface area contributed by atoms with Crippen LogP contribution in [0.15, 0.2) is 60.7 Å². The van der Waals surface area contributed by atoms with Gasteiger partial charge in [0.25, 0.3) is 0 Å². The number of allylic oxidation sites excluding steroid dienone is 2. The van der Waals surface area contributed by atoms with Crippen LogP contribution in [0.3, 0.4) is 0 Å². The average Bonchev–Trinajstić information content (AvgIpc) is 2.95. The molecule has 0 radical (unpaired) electrons. The highest BCUT2D eigenvalue weighted by Gasteiger charge is 2.27. The molecule has 0 bridgehead atoms. The monoisotopic (exact) mass is 538 g/mol. The Kier molecular flexibility index (Phi) is 10.2. The van der Waals surface area contributed by atoms with Crippen LogP contribution in [0.5, 0.6) is 5.75 Å². The lowest BCUT2D eigenvalue weighted by Gasteiger charge is -2.27. The van der Waals surface area contributed by atoms with Gasteiger partial charge >= 0.3 is 0 Å². The van der Waals surface area contributed by atoms with E-state index >= 15 is 8.78 Å². The maximum atomic E-state index is 15.2. The summed E-state index contributed by atoms with van der Waals surface area (Å²) in [6.45, 7) is 4.27. The number of halogens is 4. The van der Waals surface area contributed by atoms with Gasteiger partial charge in [0.2, 0.25) is 5.82 Å². The Hall–Kier alpha value is -3.08. The second-order valence-electron chi connectivity index (χ2n) is 10.6. The molecule has 0 aliphatic heterocycles. The molecule has 208 valence electrons. The zero-order chi connectivity index (χ0) is 27.8. The largest absolute Gasteiger partial charge is 0.490 e. The molecule has 3 aromatic rings. The third-order valence-electron chi connectivity index (χ3n) is 7.69. The predicted octanol–water partition coefficient (Wildman–Crippen LogP) is 10.1. The Labute approximate surface area is 229 Å². The van der Waals surface area contributed by atoms with E-state index in [0.29, 0.717) is 17.9 Å². The van der Waals surface area contributed by atoms with Gasteiger partial charge in [-0.15, -0.1) is 0 Å². The fourth-order valence-corrected chi connectivity index (χ4v) is 5.47. The number of aryl methyl sites for hydroxylation is 2. The SMILES string of the molecule is CCCOc1ccc(-c2ccc(C3CCC(C=CCCc4ccc(CCC)cc4)CC3)c(F)c2F)c(F)c1F. The highest BCUT2D eigenvalue weighted by Crippen LogP contribution is 2.40. The number of ether oxygens (including phenoxy) is 1. The summed E-state index contributed by atoms with van der Waals surface area (Å²) in [6, 6.07) is 14.2. The molecule has 3 aromatic carbocycles. The summed E-state index contributed by atoms with van der Waals surface area (Å²) in [5.74, 6) is -4.43. The zero-order valence-corrected chi connectivity index (χ0v) is 22.9. The second-order valence-corrected chi connectivity index (χ2v) is 10.6. The molecule has 5 heteroatoms. The van der Waals surface area contributed by atoms with Crippen molar-refractivity contribution in [2.45, 2.75) is 77.6 Å². The summed E-state index contributed by atoms with van der Waals surface area (Å²) in [4.78, 5) is 0. The molecule has 39 heavy (non-hydrogen) atoms. The Balaban J connectivity index is 1.34. The van der Waals surface area contributed by atoms with Gasteiger partial charge in [-0.2, -0.15) is 4.39 Å². The third kappa shape index (κ3) is 7.12. The van der Waals surface area contributed by atoms with Gasteiger partial charge in [-0.05, 0) is 92.0 Å². The van der Waals surface area contributed by atoms with Crippen LogP contribution in [0.2, 0.25) is 0 Å². The Morgan fingerprint density at radius 2 is 1.31 bits per heavy atom. The first-order valence-electron chi connectivity index (χ1n) is 14.3. The van der Waals surface area contributed by atoms with Crippen molar-refractivity contribution in [1.29, 1.82) is 0 Å². The minimum absolute atomic E-state index is 0.0914. The molecule has 0 heterocycles. The van der Waals surface area contributed by atoms with E-state index in [9.17, 15) is 8.78 Å². The van der Waals surface area contributed by atoms with E-state index in [0.717, 1.165) is 51.4 Å². The molecule has 4 rings (SSSR count). The van der Waals surface area contributed by atoms with Gasteiger partial charge in [-0.25, -0.2) is 13.2 Å². The number of rotatable bonds is 11. The van der Waals surface area contributed by atoms with Gasteiger partial charge in [-0.1, -0.05) is 68.8 Å². The lowest BCUT2D eigenvalue weighted by Crippen LogP contribution is -2.14. The van der Waals surface area contributed by atoms with E-state index < -0.39 is 23.3 Å². The van der Waals surface area contributed by atoms with Crippen LogP contribution in [-0.4, -0.2) is 6.61 Å². The second kappa shape index (κ2) is 13.8. The van der Waals surface area contributed by atoms with Crippen molar-refractivity contribution in [3.63, 3.8) is 0 Å². The van der Waals surface area contributed by atoms with Crippen molar-refractivity contribution in [1.82, 2.24) is 0 Å². The molecule has 0 aromatic heterocycles. The van der Waals surface area contributed by atoms with Gasteiger partial charge in [0.15, 0.2) is 23.2 Å². The quantitative estimate of drug-likeness (QED) is 0.174. The van der Waals surface area contributed by atoms with Crippen LogP contribution in [-0.2, 0) is 12.8 Å². The molecule has 1 aliphatic carbocycles. The number of hydrogen-bond acceptors (Lipinski definition) is 1. The summed E-state index contributed by atoms with van der Waals surface area (Å²) in [6.07, 6.45) is 12.8. The molecule has 1 fully saturated rings. The predicted molar refractivity (Wildman–Crippen MR) is 150 cm³/mol. The minimum atomic E-state index is -1.24. The summed E-state index contributed by atoms with van der Waals surface area (Å²) in [7, 11) is 0. The highest BCUT2D eigenvalue weighted by atomic mass is 19.2. The van der Waals surface area contributed by atoms with Crippen molar-refractivity contribution in [2.24, 2.45) is 5.92 Å². The molecule has 0 saturated heterocycles. The first kappa shape index (κ1) is 28.9. The maximum Gasteiger partial charge on any atom is 0.201 e. The Morgan fingerprint density at radius 1 is 0.692 bits per heavy atom. The maximum absolute atomic E-state index is 15.2. The van der Waals surface area contributed by atoms with Crippen molar-refractivity contribution in [3.8, 4) is 16.9 Å². The Bertz CT molecular complexity index is 1260. The lowest BCUT2D eigenvalue weighted by molar-refractivity contribution is 0.295. The molecular formula is C34H38F4O. The first-order chi connectivity index (χ1) is 18.9. The van der Waals surface area contributed by atoms with Crippen molar-refractivity contribution < 1.29 is 22.3 Å². The molecule has 1 aliphatic rings. The minimum Gasteiger partial charge on any atom is -0.490 e. The van der Waals surface area contributed by atoms with Crippen molar-refractivity contribution in [3.05, 3.63) is 101 Å². The standard InChI is InChI=1S/C34H38F4O/c1-3-7-23-10-12-24(13-11-23)8-5-6-9-25-14-16-26(17-15-25)27-18-19-28(32(36)31(27)35)29-20-21-30(39-22-4-2)34(38)33(29)37/h6,9-13,18-21,25-26H,3-5,7-8,14-17,22H2,1-2H3. The van der Waals surface area contributed by atoms with Gasteiger partial charge in [0.1, 0.15) is 0 Å². The fraction of sp³-hybridized carbons (Fsp3) is 0.412. The summed E-state index contributed by atoms with van der Waals surface area (Å²) in [5, 5.41) is 0. The van der Waals surface area contributed by atoms with Crippen LogP contribution < -0.4 is 4.74 Å². The van der Waals surface area contributed by atoms with E-state index in [1.54, 1.807) is 0 Å². The Morgan fingerprint density at radius 3 is 1.95 bits per heavy atom. The first-order valence-corrected chi connectivity index (χ1v) is 14.3. The van der Waals surface area contributed by atoms with E-state index in [-0.39, 0.29) is 29.4 Å². The van der Waals surface area contributed by atoms with Crippen LogP contribution in [0, 0.1) is 29.2 Å². The fourth-order valence-electron chi connectivity index (χ4n) is 5.47. The van der Waals surface area contributed by atoms with Gasteiger partial charge in [0.05, 0.1) is 6.61 Å². The number of benzene rings is 3. The van der Waals surface area contributed by atoms with E-state index in [4.69, 9.17) is 4.74 Å². The third-order valence-corrected chi connectivity index (χ3v) is 7.69. The van der Waals surface area contributed by atoms with Crippen LogP contribution in [0.4, 0.5) is 17.6 Å². The lowest BCUT2D eigenvalue weighted by atomic mass is 9.78. The van der Waals surface area contributed by atoms with Crippen LogP contribution >= 0.6 is 0 Å². The van der Waals surface area contributed by atoms with E-state index in [2.05, 4.69) is 43.3 Å². The van der Waals surface area contributed by atoms with E-state index in [1.807, 2.05) is 6.92 Å². The van der Waals surface area contributed by atoms with Gasteiger partial charge < -0.3 is 4.74 Å². The summed E-state index contributed by atoms with van der Waals surface area (Å²) < 4.78 is 64.6. The highest BCUT2D eigenvalue weighted by molar-refractivity contribution is 5.66. The zero-order valence-electron chi connectivity index (χ0n) is 22.9. The normalized spacial score (nSPS) is 17.6. The molecule has 1 nitrogen and oxygen atoms in total. The van der Waals surface area contributed by atoms with Crippen molar-refractivity contribution >= 4 is 0 Å². The molecule has 0 spiro atoms. The van der Waals surface area contributed by atoms with Crippen molar-refractivity contribution in [2.75, 3.05) is 6.61 Å². The molecular weight excluding hydrogens is 500 g/mol. The van der Waals surface area contributed by atoms with Crippen LogP contribution in [0.25, 0.3) is 11.1 Å². The molecule has 0 N–H and O–H groups in total. The number of hydrogen-bond donors (Lipinski definition) is 0. The average molecular weight is 539 g/mol. The smallest absolute Gasteiger partial charge is 0.201 e. The molecule has 1 saturated carbocycles. The van der Waals surface area contributed by atoms with Gasteiger partial charge in [0, 0.05) is 11.1 Å². The molecule has 0 atom stereocenters. The van der Waals surface area contributed by atoms with Gasteiger partial charge in [-0.3, -0.25) is 0 Å². The summed E-state index contributed by atoms with van der Waals surface area (Å²) in [5.41, 5.74) is 2.44. The van der Waals surface area contributed by atoms with Crippen LogP contribution in [0.1, 0.15) is 81.4 Å². The topological polar surface area (TPSA) is 9.23 Å². The summed E-state index contributed by atoms with van der Waals surface area (Å²) >= 11 is 0. The molecule has 0 amide bonds. The molecule has 0 unspecified atom stereocenters. The van der Waals surface area contributed by atoms with E-state index in [1.165, 1.54) is 35.4 Å².